The number of amides is 1. The van der Waals surface area contributed by atoms with Gasteiger partial charge in [-0.15, -0.1) is 0 Å². The molecule has 0 saturated carbocycles. The lowest BCUT2D eigenvalue weighted by molar-refractivity contribution is -0.120. The van der Waals surface area contributed by atoms with Crippen molar-refractivity contribution in [1.82, 2.24) is 10.2 Å². The van der Waals surface area contributed by atoms with Crippen molar-refractivity contribution in [2.45, 2.75) is 12.5 Å². The average Bonchev–Trinajstić information content (AvgIpc) is 2.54. The van der Waals surface area contributed by atoms with Crippen molar-refractivity contribution < 1.29 is 4.79 Å². The Morgan fingerprint density at radius 3 is 2.68 bits per heavy atom. The highest BCUT2D eigenvalue weighted by molar-refractivity contribution is 9.10. The Morgan fingerprint density at radius 1 is 1.37 bits per heavy atom. The minimum absolute atomic E-state index is 0.124. The maximum Gasteiger partial charge on any atom is 0.245 e. The van der Waals surface area contributed by atoms with Crippen LogP contribution in [0.25, 0.3) is 0 Å². The van der Waals surface area contributed by atoms with Crippen LogP contribution in [0.4, 0.5) is 5.69 Å². The second kappa shape index (κ2) is 6.50. The van der Waals surface area contributed by atoms with Gasteiger partial charge in [0.05, 0.1) is 0 Å². The van der Waals surface area contributed by atoms with E-state index in [0.29, 0.717) is 0 Å². The molecule has 1 unspecified atom stereocenters. The van der Waals surface area contributed by atoms with E-state index < -0.39 is 0 Å². The molecule has 1 aliphatic heterocycles. The Hall–Kier alpha value is -0.910. The molecule has 1 N–H and O–H groups in total. The number of nitrogens with zero attached hydrogens (tertiary/aromatic N) is 2. The largest absolute Gasteiger partial charge is 0.311 e. The van der Waals surface area contributed by atoms with Crippen LogP contribution in [-0.4, -0.2) is 50.6 Å². The quantitative estimate of drug-likeness (QED) is 0.918. The molecule has 0 aliphatic carbocycles. The molecular weight excluding hydrogens is 306 g/mol. The number of carbonyl (C=O) groups is 1. The molecule has 1 fully saturated rings. The van der Waals surface area contributed by atoms with Gasteiger partial charge in [0.15, 0.2) is 0 Å². The summed E-state index contributed by atoms with van der Waals surface area (Å²) in [6.07, 6.45) is 0.978. The van der Waals surface area contributed by atoms with Crippen LogP contribution in [0.5, 0.6) is 0 Å². The van der Waals surface area contributed by atoms with Gasteiger partial charge in [0.2, 0.25) is 5.91 Å². The molecule has 104 valence electrons. The number of rotatable bonds is 3. The van der Waals surface area contributed by atoms with Gasteiger partial charge in [-0.3, -0.25) is 4.79 Å². The highest BCUT2D eigenvalue weighted by Crippen LogP contribution is 2.20. The zero-order chi connectivity index (χ0) is 13.8. The number of hydrogen-bond donors (Lipinski definition) is 1. The molecule has 0 spiro atoms. The lowest BCUT2D eigenvalue weighted by Gasteiger charge is -2.26. The summed E-state index contributed by atoms with van der Waals surface area (Å²) < 4.78 is 1.03. The number of benzene rings is 1. The topological polar surface area (TPSA) is 35.6 Å². The molecular formula is C14H20BrN3O. The van der Waals surface area contributed by atoms with Crippen LogP contribution in [0.15, 0.2) is 28.7 Å². The molecule has 0 radical (unpaired) electrons. The zero-order valence-electron chi connectivity index (χ0n) is 11.4. The number of halogens is 1. The van der Waals surface area contributed by atoms with Crippen LogP contribution in [0.1, 0.15) is 6.42 Å². The minimum atomic E-state index is -0.124. The Balaban J connectivity index is 2.18. The third kappa shape index (κ3) is 3.78. The van der Waals surface area contributed by atoms with E-state index in [2.05, 4.69) is 21.2 Å². The van der Waals surface area contributed by atoms with Gasteiger partial charge in [0.1, 0.15) is 6.04 Å². The molecule has 4 nitrogen and oxygen atoms in total. The van der Waals surface area contributed by atoms with Crippen LogP contribution in [0, 0.1) is 0 Å². The summed E-state index contributed by atoms with van der Waals surface area (Å²) in [6.45, 7) is 2.39. The van der Waals surface area contributed by atoms with Crippen LogP contribution >= 0.6 is 15.9 Å². The smallest absolute Gasteiger partial charge is 0.245 e. The van der Waals surface area contributed by atoms with Crippen molar-refractivity contribution in [3.05, 3.63) is 28.7 Å². The normalized spacial score (nSPS) is 20.7. The molecule has 1 heterocycles. The minimum Gasteiger partial charge on any atom is -0.311 e. The molecule has 2 rings (SSSR count). The molecule has 1 atom stereocenters. The van der Waals surface area contributed by atoms with Crippen molar-refractivity contribution in [2.75, 3.05) is 38.6 Å². The van der Waals surface area contributed by atoms with Gasteiger partial charge in [0.25, 0.3) is 0 Å². The number of likely N-dealkylation sites (N-methyl/N-ethyl adjacent to an activating group) is 1. The van der Waals surface area contributed by atoms with E-state index in [4.69, 9.17) is 0 Å². The van der Waals surface area contributed by atoms with Gasteiger partial charge in [-0.1, -0.05) is 15.9 Å². The van der Waals surface area contributed by atoms with E-state index in [0.717, 1.165) is 36.2 Å². The Morgan fingerprint density at radius 2 is 2.05 bits per heavy atom. The predicted octanol–water partition coefficient (Wildman–Crippen LogP) is 1.71. The van der Waals surface area contributed by atoms with Crippen LogP contribution in [0.3, 0.4) is 0 Å². The molecule has 19 heavy (non-hydrogen) atoms. The summed E-state index contributed by atoms with van der Waals surface area (Å²) in [5.41, 5.74) is 0.973. The van der Waals surface area contributed by atoms with Gasteiger partial charge >= 0.3 is 0 Å². The molecule has 1 aromatic carbocycles. The highest BCUT2D eigenvalue weighted by Gasteiger charge is 2.27. The average molecular weight is 326 g/mol. The molecule has 0 bridgehead atoms. The van der Waals surface area contributed by atoms with Crippen molar-refractivity contribution in [2.24, 2.45) is 0 Å². The van der Waals surface area contributed by atoms with Crippen molar-refractivity contribution >= 4 is 27.5 Å². The molecule has 5 heteroatoms. The monoisotopic (exact) mass is 325 g/mol. The zero-order valence-corrected chi connectivity index (χ0v) is 13.0. The van der Waals surface area contributed by atoms with E-state index in [1.165, 1.54) is 0 Å². The maximum atomic E-state index is 12.6. The fourth-order valence-electron chi connectivity index (χ4n) is 2.28. The molecule has 0 aromatic heterocycles. The van der Waals surface area contributed by atoms with Gasteiger partial charge in [-0.05, 0) is 51.3 Å². The van der Waals surface area contributed by atoms with Crippen LogP contribution < -0.4 is 10.2 Å². The molecule has 1 aliphatic rings. The summed E-state index contributed by atoms with van der Waals surface area (Å²) in [4.78, 5) is 16.5. The summed E-state index contributed by atoms with van der Waals surface area (Å²) >= 11 is 3.42. The molecule has 1 aromatic rings. The first kappa shape index (κ1) is 14.5. The van der Waals surface area contributed by atoms with Crippen LogP contribution in [0.2, 0.25) is 0 Å². The van der Waals surface area contributed by atoms with Crippen molar-refractivity contribution in [3.63, 3.8) is 0 Å². The molecule has 1 saturated heterocycles. The fourth-order valence-corrected chi connectivity index (χ4v) is 2.55. The Labute approximate surface area is 122 Å². The third-order valence-corrected chi connectivity index (χ3v) is 3.73. The van der Waals surface area contributed by atoms with E-state index in [1.807, 2.05) is 48.2 Å². The van der Waals surface area contributed by atoms with Gasteiger partial charge in [-0.25, -0.2) is 0 Å². The van der Waals surface area contributed by atoms with E-state index in [-0.39, 0.29) is 11.9 Å². The van der Waals surface area contributed by atoms with E-state index in [9.17, 15) is 4.79 Å². The second-order valence-electron chi connectivity index (χ2n) is 5.09. The van der Waals surface area contributed by atoms with E-state index in [1.54, 1.807) is 0 Å². The Kier molecular flexibility index (Phi) is 4.96. The highest BCUT2D eigenvalue weighted by atomic mass is 79.9. The predicted molar refractivity (Wildman–Crippen MR) is 81.5 cm³/mol. The summed E-state index contributed by atoms with van der Waals surface area (Å²) in [6, 6.07) is 7.80. The first-order chi connectivity index (χ1) is 9.08. The summed E-state index contributed by atoms with van der Waals surface area (Å²) in [5, 5.41) is 3.33. The number of carbonyl (C=O) groups excluding carboxylic acids is 1. The van der Waals surface area contributed by atoms with Gasteiger partial charge < -0.3 is 15.1 Å². The lowest BCUT2D eigenvalue weighted by atomic mass is 10.2. The second-order valence-corrected chi connectivity index (χ2v) is 6.00. The van der Waals surface area contributed by atoms with Crippen molar-refractivity contribution in [3.8, 4) is 0 Å². The number of anilines is 1. The fraction of sp³-hybridized carbons (Fsp3) is 0.500. The summed E-state index contributed by atoms with van der Waals surface area (Å²) in [5.74, 6) is 0.161. The van der Waals surface area contributed by atoms with Crippen molar-refractivity contribution in [1.29, 1.82) is 0 Å². The van der Waals surface area contributed by atoms with Crippen LogP contribution in [-0.2, 0) is 4.79 Å². The Bertz CT molecular complexity index is 433. The summed E-state index contributed by atoms with van der Waals surface area (Å²) in [7, 11) is 3.98. The van der Waals surface area contributed by atoms with Gasteiger partial charge in [0, 0.05) is 23.2 Å². The van der Waals surface area contributed by atoms with E-state index >= 15 is 0 Å². The first-order valence-electron chi connectivity index (χ1n) is 6.53. The number of hydrogen-bond acceptors (Lipinski definition) is 3. The third-order valence-electron chi connectivity index (χ3n) is 3.20. The van der Waals surface area contributed by atoms with Gasteiger partial charge in [-0.2, -0.15) is 0 Å². The lowest BCUT2D eigenvalue weighted by Crippen LogP contribution is -2.49. The first-order valence-corrected chi connectivity index (χ1v) is 7.32. The molecule has 1 amide bonds. The standard InChI is InChI=1S/C14H20BrN3O/c1-17(2)10-13-14(19)18(9-3-8-16-13)12-6-4-11(15)5-7-12/h4-7,13,16H,3,8-10H2,1-2H3. The SMILES string of the molecule is CN(C)CC1NCCCN(c2ccc(Br)cc2)C1=O. The maximum absolute atomic E-state index is 12.6. The number of nitrogens with one attached hydrogen (secondary N) is 1.